The zero-order valence-electron chi connectivity index (χ0n) is 21.1. The Bertz CT molecular complexity index is 431. The molecular formula is C26H52N4O2. The van der Waals surface area contributed by atoms with Gasteiger partial charge in [0.1, 0.15) is 0 Å². The highest BCUT2D eigenvalue weighted by atomic mass is 16.2. The van der Waals surface area contributed by atoms with Gasteiger partial charge in [0, 0.05) is 13.1 Å². The standard InChI is InChI=1S/C26H52N4O2/c1-3-5-7-9-11-13-17-21-27-25(31)29-23-19-15-16-20-24(23)30-26(32)28-22-18-14-12-10-8-6-4-2/h23-24H,3-22H2,1-2H3,(H2,27,29,31)(H2,28,30,32). The van der Waals surface area contributed by atoms with Gasteiger partial charge in [-0.1, -0.05) is 104 Å². The third-order valence-corrected chi connectivity index (χ3v) is 6.53. The molecule has 0 aromatic heterocycles. The number of unbranched alkanes of at least 4 members (excludes halogenated alkanes) is 12. The fraction of sp³-hybridized carbons (Fsp3) is 0.923. The van der Waals surface area contributed by atoms with Crippen LogP contribution in [0.15, 0.2) is 0 Å². The first kappa shape index (κ1) is 28.6. The fourth-order valence-corrected chi connectivity index (χ4v) is 4.48. The predicted octanol–water partition coefficient (Wildman–Crippen LogP) is 6.40. The van der Waals surface area contributed by atoms with E-state index in [2.05, 4.69) is 35.1 Å². The second kappa shape index (κ2) is 20.2. The first-order valence-corrected chi connectivity index (χ1v) is 13.8. The van der Waals surface area contributed by atoms with E-state index in [1.165, 1.54) is 77.0 Å². The van der Waals surface area contributed by atoms with Gasteiger partial charge in [-0.25, -0.2) is 9.59 Å². The van der Waals surface area contributed by atoms with Crippen LogP contribution in [0.1, 0.15) is 129 Å². The number of urea groups is 2. The molecule has 0 aliphatic heterocycles. The van der Waals surface area contributed by atoms with Crippen molar-refractivity contribution in [3.63, 3.8) is 0 Å². The largest absolute Gasteiger partial charge is 0.338 e. The van der Waals surface area contributed by atoms with Crippen LogP contribution >= 0.6 is 0 Å². The van der Waals surface area contributed by atoms with Crippen molar-refractivity contribution in [2.45, 2.75) is 142 Å². The van der Waals surface area contributed by atoms with E-state index in [-0.39, 0.29) is 24.1 Å². The van der Waals surface area contributed by atoms with Crippen LogP contribution in [-0.2, 0) is 0 Å². The molecule has 4 N–H and O–H groups in total. The molecular weight excluding hydrogens is 400 g/mol. The summed E-state index contributed by atoms with van der Waals surface area (Å²) >= 11 is 0. The molecule has 0 saturated heterocycles. The van der Waals surface area contributed by atoms with Crippen molar-refractivity contribution in [3.05, 3.63) is 0 Å². The monoisotopic (exact) mass is 452 g/mol. The topological polar surface area (TPSA) is 82.3 Å². The van der Waals surface area contributed by atoms with E-state index in [1.54, 1.807) is 0 Å². The lowest BCUT2D eigenvalue weighted by Crippen LogP contribution is -2.56. The Balaban J connectivity index is 2.13. The molecule has 32 heavy (non-hydrogen) atoms. The molecule has 2 atom stereocenters. The van der Waals surface area contributed by atoms with Crippen LogP contribution in [-0.4, -0.2) is 37.2 Å². The third-order valence-electron chi connectivity index (χ3n) is 6.53. The van der Waals surface area contributed by atoms with Crippen molar-refractivity contribution in [3.8, 4) is 0 Å². The van der Waals surface area contributed by atoms with Crippen molar-refractivity contribution in [2.75, 3.05) is 13.1 Å². The summed E-state index contributed by atoms with van der Waals surface area (Å²) in [7, 11) is 0. The highest BCUT2D eigenvalue weighted by Gasteiger charge is 2.27. The normalized spacial score (nSPS) is 18.2. The minimum Gasteiger partial charge on any atom is -0.338 e. The van der Waals surface area contributed by atoms with E-state index in [0.29, 0.717) is 0 Å². The lowest BCUT2D eigenvalue weighted by atomic mass is 9.90. The molecule has 1 fully saturated rings. The minimum absolute atomic E-state index is 0.0158. The fourth-order valence-electron chi connectivity index (χ4n) is 4.48. The van der Waals surface area contributed by atoms with Gasteiger partial charge in [0.15, 0.2) is 0 Å². The zero-order valence-corrected chi connectivity index (χ0v) is 21.1. The van der Waals surface area contributed by atoms with Gasteiger partial charge in [0.25, 0.3) is 0 Å². The van der Waals surface area contributed by atoms with Crippen LogP contribution in [0, 0.1) is 0 Å². The van der Waals surface area contributed by atoms with Gasteiger partial charge in [-0.3, -0.25) is 0 Å². The van der Waals surface area contributed by atoms with E-state index in [1.807, 2.05) is 0 Å². The quantitative estimate of drug-likeness (QED) is 0.182. The van der Waals surface area contributed by atoms with Gasteiger partial charge in [0.2, 0.25) is 0 Å². The summed E-state index contributed by atoms with van der Waals surface area (Å²) in [6, 6.07) is -0.166. The minimum atomic E-state index is -0.0989. The van der Waals surface area contributed by atoms with Crippen LogP contribution in [0.2, 0.25) is 0 Å². The second-order valence-electron chi connectivity index (χ2n) is 9.54. The van der Waals surface area contributed by atoms with Crippen LogP contribution in [0.3, 0.4) is 0 Å². The second-order valence-corrected chi connectivity index (χ2v) is 9.54. The Labute approximate surface area is 197 Å². The Morgan fingerprint density at radius 3 is 1.28 bits per heavy atom. The molecule has 0 aromatic carbocycles. The molecule has 6 nitrogen and oxygen atoms in total. The summed E-state index contributed by atoms with van der Waals surface area (Å²) in [5.41, 5.74) is 0. The smallest absolute Gasteiger partial charge is 0.315 e. The van der Waals surface area contributed by atoms with E-state index in [0.717, 1.165) is 51.6 Å². The summed E-state index contributed by atoms with van der Waals surface area (Å²) in [6.45, 7) is 5.92. The van der Waals surface area contributed by atoms with E-state index in [4.69, 9.17) is 0 Å². The van der Waals surface area contributed by atoms with E-state index >= 15 is 0 Å². The first-order valence-electron chi connectivity index (χ1n) is 13.8. The van der Waals surface area contributed by atoms with Gasteiger partial charge < -0.3 is 21.3 Å². The average Bonchev–Trinajstić information content (AvgIpc) is 2.78. The molecule has 1 aliphatic rings. The maximum Gasteiger partial charge on any atom is 0.315 e. The molecule has 0 spiro atoms. The van der Waals surface area contributed by atoms with Gasteiger partial charge in [0.05, 0.1) is 12.1 Å². The highest BCUT2D eigenvalue weighted by Crippen LogP contribution is 2.18. The Morgan fingerprint density at radius 2 is 0.906 bits per heavy atom. The molecule has 0 bridgehead atoms. The molecule has 1 rings (SSSR count). The molecule has 188 valence electrons. The van der Waals surface area contributed by atoms with E-state index < -0.39 is 0 Å². The van der Waals surface area contributed by atoms with Gasteiger partial charge in [-0.2, -0.15) is 0 Å². The number of carbonyl (C=O) groups excluding carboxylic acids is 2. The highest BCUT2D eigenvalue weighted by molar-refractivity contribution is 5.75. The molecule has 0 radical (unpaired) electrons. The van der Waals surface area contributed by atoms with E-state index in [9.17, 15) is 9.59 Å². The van der Waals surface area contributed by atoms with Gasteiger partial charge in [-0.05, 0) is 25.7 Å². The number of carbonyl (C=O) groups is 2. The summed E-state index contributed by atoms with van der Waals surface area (Å²) in [4.78, 5) is 24.6. The van der Waals surface area contributed by atoms with Crippen molar-refractivity contribution in [1.29, 1.82) is 0 Å². The molecule has 0 heterocycles. The summed E-state index contributed by atoms with van der Waals surface area (Å²) in [6.07, 6.45) is 21.4. The number of rotatable bonds is 18. The molecule has 2 unspecified atom stereocenters. The van der Waals surface area contributed by atoms with Crippen LogP contribution in [0.25, 0.3) is 0 Å². The summed E-state index contributed by atoms with van der Waals surface area (Å²) in [5, 5.41) is 12.2. The van der Waals surface area contributed by atoms with Gasteiger partial charge in [-0.15, -0.1) is 0 Å². The van der Waals surface area contributed by atoms with Crippen molar-refractivity contribution < 1.29 is 9.59 Å². The molecule has 4 amide bonds. The number of hydrogen-bond donors (Lipinski definition) is 4. The Morgan fingerprint density at radius 1 is 0.562 bits per heavy atom. The predicted molar refractivity (Wildman–Crippen MR) is 135 cm³/mol. The number of hydrogen-bond acceptors (Lipinski definition) is 2. The van der Waals surface area contributed by atoms with Gasteiger partial charge >= 0.3 is 12.1 Å². The third kappa shape index (κ3) is 15.4. The number of amides is 4. The zero-order chi connectivity index (χ0) is 23.3. The van der Waals surface area contributed by atoms with Crippen LogP contribution in [0.5, 0.6) is 0 Å². The van der Waals surface area contributed by atoms with Crippen molar-refractivity contribution in [2.24, 2.45) is 0 Å². The maximum absolute atomic E-state index is 12.3. The van der Waals surface area contributed by atoms with Crippen LogP contribution in [0.4, 0.5) is 9.59 Å². The molecule has 6 heteroatoms. The van der Waals surface area contributed by atoms with Crippen LogP contribution < -0.4 is 21.3 Å². The first-order chi connectivity index (χ1) is 15.7. The molecule has 1 aliphatic carbocycles. The lowest BCUT2D eigenvalue weighted by molar-refractivity contribution is 0.213. The lowest BCUT2D eigenvalue weighted by Gasteiger charge is -2.32. The maximum atomic E-state index is 12.3. The average molecular weight is 453 g/mol. The SMILES string of the molecule is CCCCCCCCCNC(=O)NC1CCCCC1NC(=O)NCCCCCCCCC. The summed E-state index contributed by atoms with van der Waals surface area (Å²) in [5.74, 6) is 0. The Hall–Kier alpha value is -1.46. The molecule has 0 aromatic rings. The van der Waals surface area contributed by atoms with Crippen molar-refractivity contribution >= 4 is 12.1 Å². The van der Waals surface area contributed by atoms with Crippen molar-refractivity contribution in [1.82, 2.24) is 21.3 Å². The summed E-state index contributed by atoms with van der Waals surface area (Å²) < 4.78 is 0. The Kier molecular flexibility index (Phi) is 18.0. The number of nitrogens with one attached hydrogen (secondary N) is 4. The molecule has 1 saturated carbocycles.